The predicted octanol–water partition coefficient (Wildman–Crippen LogP) is -6.10. The maximum atomic E-state index is 11.9. The van der Waals surface area contributed by atoms with Crippen molar-refractivity contribution in [2.75, 3.05) is 0 Å². The minimum Gasteiger partial charge on any atom is -0.550 e. The van der Waals surface area contributed by atoms with Crippen LogP contribution in [-0.4, -0.2) is 29.7 Å². The van der Waals surface area contributed by atoms with Crippen LogP contribution in [0.4, 0.5) is 0 Å². The summed E-state index contributed by atoms with van der Waals surface area (Å²) in [7, 11) is -5.22. The van der Waals surface area contributed by atoms with E-state index in [0.29, 0.717) is 6.42 Å². The van der Waals surface area contributed by atoms with Gasteiger partial charge < -0.3 is 19.8 Å². The Balaban J connectivity index is -0.00000220. The summed E-state index contributed by atoms with van der Waals surface area (Å²) in [4.78, 5) is 22.7. The van der Waals surface area contributed by atoms with E-state index in [-0.39, 0.29) is 78.4 Å². The second-order valence-electron chi connectivity index (χ2n) is 5.58. The summed E-state index contributed by atoms with van der Waals surface area (Å²) in [5.74, 6) is -3.96. The number of carboxylic acid groups (broad SMARTS) is 2. The summed E-state index contributed by atoms with van der Waals surface area (Å²) in [5.41, 5.74) is -1.44. The summed E-state index contributed by atoms with van der Waals surface area (Å²) >= 11 is 0. The Labute approximate surface area is 188 Å². The number of aliphatic carboxylic acids is 2. The first kappa shape index (κ1) is 29.6. The van der Waals surface area contributed by atoms with Crippen LogP contribution in [0.1, 0.15) is 65.7 Å². The molecule has 1 N–H and O–H groups in total. The molecule has 0 rings (SSSR count). The molecule has 0 aromatic heterocycles. The third-order valence-corrected chi connectivity index (χ3v) is 6.26. The number of rotatable bonds is 11. The van der Waals surface area contributed by atoms with Gasteiger partial charge in [0.15, 0.2) is 0 Å². The van der Waals surface area contributed by atoms with Gasteiger partial charge in [0.25, 0.3) is 10.1 Å². The molecule has 1 atom stereocenters. The Morgan fingerprint density at radius 3 is 1.71 bits per heavy atom. The van der Waals surface area contributed by atoms with Gasteiger partial charge in [0, 0.05) is 12.4 Å². The Bertz CT molecular complexity index is 503. The molecular formula is C14H24Na2O7S. The quantitative estimate of drug-likeness (QED) is 0.213. The molecule has 0 fully saturated rings. The minimum absolute atomic E-state index is 0. The number of carboxylic acids is 2. The normalized spacial score (nSPS) is 14.0. The molecule has 0 spiro atoms. The molecule has 130 valence electrons. The molecule has 0 saturated carbocycles. The summed E-state index contributed by atoms with van der Waals surface area (Å²) in [5, 5.41) is 22.7. The van der Waals surface area contributed by atoms with E-state index in [2.05, 4.69) is 0 Å². The average Bonchev–Trinajstić information content (AvgIpc) is 2.40. The summed E-state index contributed by atoms with van der Waals surface area (Å²) < 4.78 is 30.4. The van der Waals surface area contributed by atoms with Gasteiger partial charge in [0.05, 0.1) is 5.97 Å². The van der Waals surface area contributed by atoms with E-state index in [1.165, 1.54) is 0 Å². The van der Waals surface area contributed by atoms with E-state index in [1.807, 2.05) is 6.92 Å². The molecule has 0 amide bonds. The third kappa shape index (κ3) is 6.23. The molecule has 0 radical (unpaired) electrons. The van der Waals surface area contributed by atoms with E-state index in [0.717, 1.165) is 12.8 Å². The number of carbonyl (C=O) groups excluding carboxylic acids is 2. The van der Waals surface area contributed by atoms with Crippen molar-refractivity contribution in [3.63, 3.8) is 0 Å². The molecule has 0 aliphatic carbocycles. The van der Waals surface area contributed by atoms with E-state index in [4.69, 9.17) is 0 Å². The van der Waals surface area contributed by atoms with Crippen molar-refractivity contribution < 1.29 is 91.9 Å². The maximum Gasteiger partial charge on any atom is 1.00 e. The second kappa shape index (κ2) is 12.3. The molecular weight excluding hydrogens is 358 g/mol. The fourth-order valence-electron chi connectivity index (χ4n) is 3.24. The van der Waals surface area contributed by atoms with Gasteiger partial charge >= 0.3 is 59.1 Å². The first-order valence-electron chi connectivity index (χ1n) is 7.43. The van der Waals surface area contributed by atoms with Gasteiger partial charge in [-0.1, -0.05) is 40.0 Å². The van der Waals surface area contributed by atoms with E-state index < -0.39 is 38.6 Å². The molecule has 0 aromatic carbocycles. The fourth-order valence-corrected chi connectivity index (χ4v) is 4.69. The van der Waals surface area contributed by atoms with Crippen LogP contribution in [-0.2, 0) is 19.7 Å². The van der Waals surface area contributed by atoms with Crippen LogP contribution >= 0.6 is 0 Å². The van der Waals surface area contributed by atoms with Crippen LogP contribution in [0.3, 0.4) is 0 Å². The van der Waals surface area contributed by atoms with Gasteiger partial charge in [-0.15, -0.1) is 0 Å². The summed E-state index contributed by atoms with van der Waals surface area (Å²) in [6.07, 6.45) is 1.07. The first-order chi connectivity index (χ1) is 10.0. The van der Waals surface area contributed by atoms with Crippen LogP contribution in [0.25, 0.3) is 0 Å². The Kier molecular flexibility index (Phi) is 15.1. The molecule has 0 heterocycles. The monoisotopic (exact) mass is 382 g/mol. The molecule has 1 unspecified atom stereocenters. The molecule has 0 aromatic rings. The van der Waals surface area contributed by atoms with Gasteiger partial charge in [-0.25, -0.2) is 0 Å². The van der Waals surface area contributed by atoms with Crippen LogP contribution in [0.15, 0.2) is 0 Å². The number of hydrogen-bond donors (Lipinski definition) is 1. The molecule has 24 heavy (non-hydrogen) atoms. The topological polar surface area (TPSA) is 135 Å². The smallest absolute Gasteiger partial charge is 0.550 e. The first-order valence-corrected chi connectivity index (χ1v) is 8.87. The van der Waals surface area contributed by atoms with Crippen LogP contribution < -0.4 is 69.3 Å². The number of carbonyl (C=O) groups is 2. The van der Waals surface area contributed by atoms with Crippen molar-refractivity contribution in [1.82, 2.24) is 0 Å². The maximum absolute atomic E-state index is 11.9. The van der Waals surface area contributed by atoms with Crippen LogP contribution in [0, 0.1) is 5.41 Å². The third-order valence-electron chi connectivity index (χ3n) is 4.63. The molecule has 0 bridgehead atoms. The largest absolute Gasteiger partial charge is 1.00 e. The van der Waals surface area contributed by atoms with Crippen molar-refractivity contribution in [3.8, 4) is 0 Å². The zero-order valence-electron chi connectivity index (χ0n) is 15.3. The average molecular weight is 382 g/mol. The molecule has 7 nitrogen and oxygen atoms in total. The number of hydrogen-bond acceptors (Lipinski definition) is 6. The van der Waals surface area contributed by atoms with Gasteiger partial charge in [-0.05, 0) is 24.7 Å². The van der Waals surface area contributed by atoms with E-state index in [1.54, 1.807) is 13.8 Å². The zero-order valence-corrected chi connectivity index (χ0v) is 20.1. The molecule has 10 heteroatoms. The number of unbranched alkanes of at least 4 members (excludes halogenated alkanes) is 2. The van der Waals surface area contributed by atoms with Crippen LogP contribution in [0.2, 0.25) is 0 Å². The zero-order chi connectivity index (χ0) is 17.6. The molecule has 0 saturated heterocycles. The standard InChI is InChI=1S/C14H26O7S.2Na/c1-4-7-8-9-13(5-2,6-3)14(12(17)18,10-11(15)16)22(19,20)21;;/h4-10H2,1-3H3,(H,15,16)(H,17,18)(H,19,20,21);;/q;2*+1/p-2. The van der Waals surface area contributed by atoms with Crippen molar-refractivity contribution in [1.29, 1.82) is 0 Å². The predicted molar refractivity (Wildman–Crippen MR) is 76.1 cm³/mol. The van der Waals surface area contributed by atoms with Crippen molar-refractivity contribution in [2.24, 2.45) is 5.41 Å². The Morgan fingerprint density at radius 1 is 1.00 bits per heavy atom. The van der Waals surface area contributed by atoms with E-state index in [9.17, 15) is 32.8 Å². The fraction of sp³-hybridized carbons (Fsp3) is 0.857. The molecule has 0 aliphatic rings. The SMILES string of the molecule is CCCCCC(CC)(CC)C(CC(=O)[O-])(C(=O)[O-])S(=O)(=O)O.[Na+].[Na+]. The van der Waals surface area contributed by atoms with Crippen LogP contribution in [0.5, 0.6) is 0 Å². The second-order valence-corrected chi connectivity index (χ2v) is 7.23. The van der Waals surface area contributed by atoms with Gasteiger partial charge in [-0.2, -0.15) is 8.42 Å². The minimum atomic E-state index is -5.22. The Morgan fingerprint density at radius 2 is 1.46 bits per heavy atom. The van der Waals surface area contributed by atoms with Crippen molar-refractivity contribution >= 4 is 22.1 Å². The summed E-state index contributed by atoms with van der Waals surface area (Å²) in [6.45, 7) is 5.08. The van der Waals surface area contributed by atoms with Crippen molar-refractivity contribution in [2.45, 2.75) is 70.5 Å². The Hall–Kier alpha value is 0.850. The molecule has 0 aliphatic heterocycles. The van der Waals surface area contributed by atoms with Crippen molar-refractivity contribution in [3.05, 3.63) is 0 Å². The summed E-state index contributed by atoms with van der Waals surface area (Å²) in [6, 6.07) is 0. The van der Waals surface area contributed by atoms with E-state index >= 15 is 0 Å². The van der Waals surface area contributed by atoms with Gasteiger partial charge in [0.1, 0.15) is 4.75 Å². The van der Waals surface area contributed by atoms with Gasteiger partial charge in [-0.3, -0.25) is 4.55 Å². The van der Waals surface area contributed by atoms with Gasteiger partial charge in [0.2, 0.25) is 0 Å².